The summed E-state index contributed by atoms with van der Waals surface area (Å²) in [6.45, 7) is -2.12. The highest BCUT2D eigenvalue weighted by Crippen LogP contribution is 2.19. The van der Waals surface area contributed by atoms with Crippen molar-refractivity contribution < 1.29 is 23.0 Å². The molecular weight excluding hydrogens is 318 g/mol. The summed E-state index contributed by atoms with van der Waals surface area (Å²) in [7, 11) is 0. The number of halogens is 3. The van der Waals surface area contributed by atoms with Crippen molar-refractivity contribution in [1.82, 2.24) is 5.32 Å². The highest BCUT2D eigenvalue weighted by molar-refractivity contribution is 5.85. The van der Waals surface area contributed by atoms with E-state index in [1.54, 1.807) is 12.1 Å². The van der Waals surface area contributed by atoms with Crippen molar-refractivity contribution in [2.75, 3.05) is 6.54 Å². The lowest BCUT2D eigenvalue weighted by atomic mass is 10.1. The zero-order valence-corrected chi connectivity index (χ0v) is 12.7. The van der Waals surface area contributed by atoms with Crippen molar-refractivity contribution in [3.8, 4) is 5.75 Å². The van der Waals surface area contributed by atoms with E-state index in [1.165, 1.54) is 12.1 Å². The number of ether oxygens (including phenoxy) is 2. The summed E-state index contributed by atoms with van der Waals surface area (Å²) in [5.41, 5.74) is 6.28. The third-order valence-electron chi connectivity index (χ3n) is 3.28. The summed E-state index contributed by atoms with van der Waals surface area (Å²) >= 11 is 0. The highest BCUT2D eigenvalue weighted by atomic mass is 35.5. The number of carbonyl (C=O) groups excluding carboxylic acids is 1. The Balaban J connectivity index is 0.00000242. The minimum atomic E-state index is -2.84. The lowest BCUT2D eigenvalue weighted by Crippen LogP contribution is -2.35. The fourth-order valence-corrected chi connectivity index (χ4v) is 2.16. The van der Waals surface area contributed by atoms with Crippen LogP contribution in [-0.2, 0) is 16.1 Å². The number of carbonyl (C=O) groups is 1. The van der Waals surface area contributed by atoms with E-state index in [4.69, 9.17) is 10.5 Å². The monoisotopic (exact) mass is 336 g/mol. The first-order valence-corrected chi connectivity index (χ1v) is 6.75. The maximum absolute atomic E-state index is 12.0. The van der Waals surface area contributed by atoms with Gasteiger partial charge in [0.2, 0.25) is 5.91 Å². The van der Waals surface area contributed by atoms with Gasteiger partial charge < -0.3 is 20.5 Å². The van der Waals surface area contributed by atoms with Gasteiger partial charge in [-0.2, -0.15) is 8.78 Å². The van der Waals surface area contributed by atoms with E-state index in [1.807, 2.05) is 0 Å². The standard InChI is InChI=1S/C14H18F2N2O3.ClH/c15-14(16)21-10-3-1-9(2-4-10)8-18-13(19)12-6-5-11(7-17)20-12;/h1-4,11-12,14H,5-8,17H2,(H,18,19);1H/t11-,12+;/m1./s1. The Labute approximate surface area is 133 Å². The molecule has 1 heterocycles. The molecule has 2 atom stereocenters. The SMILES string of the molecule is Cl.NC[C@H]1CC[C@@H](C(=O)NCc2ccc(OC(F)F)cc2)O1. The van der Waals surface area contributed by atoms with E-state index in [2.05, 4.69) is 10.1 Å². The minimum Gasteiger partial charge on any atom is -0.435 e. The van der Waals surface area contributed by atoms with Gasteiger partial charge in [-0.25, -0.2) is 0 Å². The number of hydrogen-bond donors (Lipinski definition) is 2. The molecule has 0 aromatic heterocycles. The molecule has 1 aliphatic heterocycles. The second-order valence-electron chi connectivity index (χ2n) is 4.80. The van der Waals surface area contributed by atoms with Crippen molar-refractivity contribution in [1.29, 1.82) is 0 Å². The van der Waals surface area contributed by atoms with Crippen molar-refractivity contribution >= 4 is 18.3 Å². The summed E-state index contributed by atoms with van der Waals surface area (Å²) in [5.74, 6) is -0.0937. The van der Waals surface area contributed by atoms with Gasteiger partial charge in [0.05, 0.1) is 6.10 Å². The molecule has 0 spiro atoms. The van der Waals surface area contributed by atoms with E-state index in [0.717, 1.165) is 12.0 Å². The lowest BCUT2D eigenvalue weighted by molar-refractivity contribution is -0.132. The molecule has 22 heavy (non-hydrogen) atoms. The van der Waals surface area contributed by atoms with Gasteiger partial charge in [0.15, 0.2) is 0 Å². The average molecular weight is 337 g/mol. The molecular formula is C14H19ClF2N2O3. The lowest BCUT2D eigenvalue weighted by Gasteiger charge is -2.13. The molecule has 1 saturated heterocycles. The molecule has 8 heteroatoms. The molecule has 3 N–H and O–H groups in total. The minimum absolute atomic E-state index is 0. The van der Waals surface area contributed by atoms with Crippen molar-refractivity contribution in [2.45, 2.75) is 38.2 Å². The number of benzene rings is 1. The third-order valence-corrected chi connectivity index (χ3v) is 3.28. The predicted octanol–water partition coefficient (Wildman–Crippen LogP) is 1.83. The summed E-state index contributed by atoms with van der Waals surface area (Å²) in [5, 5.41) is 2.75. The van der Waals surface area contributed by atoms with E-state index >= 15 is 0 Å². The Morgan fingerprint density at radius 2 is 2.05 bits per heavy atom. The van der Waals surface area contributed by atoms with Crippen molar-refractivity contribution in [2.24, 2.45) is 5.73 Å². The van der Waals surface area contributed by atoms with Gasteiger partial charge in [-0.1, -0.05) is 12.1 Å². The number of amides is 1. The van der Waals surface area contributed by atoms with Crippen molar-refractivity contribution in [3.63, 3.8) is 0 Å². The van der Waals surface area contributed by atoms with E-state index in [9.17, 15) is 13.6 Å². The molecule has 5 nitrogen and oxygen atoms in total. The van der Waals surface area contributed by atoms with Gasteiger partial charge in [0.1, 0.15) is 11.9 Å². The molecule has 0 unspecified atom stereocenters. The Kier molecular flexibility index (Phi) is 7.50. The number of rotatable bonds is 6. The second kappa shape index (κ2) is 8.87. The largest absolute Gasteiger partial charge is 0.435 e. The number of hydrogen-bond acceptors (Lipinski definition) is 4. The fourth-order valence-electron chi connectivity index (χ4n) is 2.16. The molecule has 0 saturated carbocycles. The van der Waals surface area contributed by atoms with Gasteiger partial charge in [-0.3, -0.25) is 4.79 Å². The van der Waals surface area contributed by atoms with Crippen LogP contribution in [-0.4, -0.2) is 31.3 Å². The Bertz CT molecular complexity index is 474. The third kappa shape index (κ3) is 5.40. The summed E-state index contributed by atoms with van der Waals surface area (Å²) in [6.07, 6.45) is 0.940. The van der Waals surface area contributed by atoms with Crippen LogP contribution in [0.3, 0.4) is 0 Å². The summed E-state index contributed by atoms with van der Waals surface area (Å²) < 4.78 is 33.7. The summed E-state index contributed by atoms with van der Waals surface area (Å²) in [6, 6.07) is 6.11. The highest BCUT2D eigenvalue weighted by Gasteiger charge is 2.29. The number of nitrogens with two attached hydrogens (primary N) is 1. The van der Waals surface area contributed by atoms with E-state index < -0.39 is 12.7 Å². The van der Waals surface area contributed by atoms with Crippen LogP contribution in [0.4, 0.5) is 8.78 Å². The average Bonchev–Trinajstić information content (AvgIpc) is 2.94. The van der Waals surface area contributed by atoms with Gasteiger partial charge in [-0.15, -0.1) is 12.4 Å². The predicted molar refractivity (Wildman–Crippen MR) is 79.1 cm³/mol. The topological polar surface area (TPSA) is 73.6 Å². The number of alkyl halides is 2. The molecule has 0 radical (unpaired) electrons. The molecule has 1 aliphatic rings. The van der Waals surface area contributed by atoms with Gasteiger partial charge in [-0.05, 0) is 30.5 Å². The van der Waals surface area contributed by atoms with Crippen molar-refractivity contribution in [3.05, 3.63) is 29.8 Å². The first-order valence-electron chi connectivity index (χ1n) is 6.75. The van der Waals surface area contributed by atoms with E-state index in [-0.39, 0.29) is 30.2 Å². The molecule has 1 aromatic rings. The Morgan fingerprint density at radius 3 is 2.59 bits per heavy atom. The fraction of sp³-hybridized carbons (Fsp3) is 0.500. The molecule has 1 aromatic carbocycles. The van der Waals surface area contributed by atoms with Gasteiger partial charge in [0, 0.05) is 13.1 Å². The van der Waals surface area contributed by atoms with Crippen LogP contribution < -0.4 is 15.8 Å². The maximum Gasteiger partial charge on any atom is 0.387 e. The second-order valence-corrected chi connectivity index (χ2v) is 4.80. The van der Waals surface area contributed by atoms with Gasteiger partial charge >= 0.3 is 6.61 Å². The number of nitrogens with one attached hydrogen (secondary N) is 1. The maximum atomic E-state index is 12.0. The van der Waals surface area contributed by atoms with Crippen LogP contribution in [0, 0.1) is 0 Å². The van der Waals surface area contributed by atoms with Crippen LogP contribution in [0.25, 0.3) is 0 Å². The smallest absolute Gasteiger partial charge is 0.387 e. The molecule has 0 aliphatic carbocycles. The molecule has 2 rings (SSSR count). The van der Waals surface area contributed by atoms with Crippen LogP contribution in [0.15, 0.2) is 24.3 Å². The first kappa shape index (κ1) is 18.6. The Hall–Kier alpha value is -1.44. The van der Waals surface area contributed by atoms with Gasteiger partial charge in [0.25, 0.3) is 0 Å². The molecule has 1 fully saturated rings. The normalized spacial score (nSPS) is 20.5. The zero-order valence-electron chi connectivity index (χ0n) is 11.8. The molecule has 124 valence electrons. The summed E-state index contributed by atoms with van der Waals surface area (Å²) in [4.78, 5) is 11.9. The first-order chi connectivity index (χ1) is 10.1. The van der Waals surface area contributed by atoms with Crippen LogP contribution >= 0.6 is 12.4 Å². The molecule has 0 bridgehead atoms. The quantitative estimate of drug-likeness (QED) is 0.831. The zero-order chi connectivity index (χ0) is 15.2. The Morgan fingerprint density at radius 1 is 1.36 bits per heavy atom. The van der Waals surface area contributed by atoms with E-state index in [0.29, 0.717) is 19.5 Å². The van der Waals surface area contributed by atoms with Crippen LogP contribution in [0.5, 0.6) is 5.75 Å². The van der Waals surface area contributed by atoms with Crippen LogP contribution in [0.2, 0.25) is 0 Å². The molecule has 1 amide bonds. The van der Waals surface area contributed by atoms with Crippen LogP contribution in [0.1, 0.15) is 18.4 Å².